The second-order valence-electron chi connectivity index (χ2n) is 3.26. The maximum absolute atomic E-state index is 10.9. The van der Waals surface area contributed by atoms with Crippen LogP contribution in [0.4, 0.5) is 0 Å². The summed E-state index contributed by atoms with van der Waals surface area (Å²) in [7, 11) is -3.65. The second kappa shape index (κ2) is 5.06. The third-order valence-electron chi connectivity index (χ3n) is 1.88. The molecule has 5 N–H and O–H groups in total. The van der Waals surface area contributed by atoms with E-state index in [-0.39, 0.29) is 11.4 Å². The number of amides is 1. The summed E-state index contributed by atoms with van der Waals surface area (Å²) in [5.74, 6) is -0.443. The van der Waals surface area contributed by atoms with Crippen molar-refractivity contribution in [1.29, 1.82) is 0 Å². The molecule has 0 aliphatic rings. The molecule has 0 saturated carbocycles. The van der Waals surface area contributed by atoms with Crippen LogP contribution in [0.25, 0.3) is 0 Å². The van der Waals surface area contributed by atoms with Crippen molar-refractivity contribution in [3.8, 4) is 0 Å². The quantitative estimate of drug-likeness (QED) is 0.609. The predicted molar refractivity (Wildman–Crippen MR) is 58.7 cm³/mol. The van der Waals surface area contributed by atoms with Gasteiger partial charge in [-0.05, 0) is 17.7 Å². The molecule has 0 radical (unpaired) electrons. The Morgan fingerprint density at radius 2 is 1.81 bits per heavy atom. The van der Waals surface area contributed by atoms with Gasteiger partial charge in [-0.3, -0.25) is 4.79 Å². The van der Waals surface area contributed by atoms with Gasteiger partial charge in [-0.25, -0.2) is 13.6 Å². The number of carbonyl (C=O) groups excluding carboxylic acids is 1. The Bertz CT molecular complexity index is 467. The molecule has 1 amide bonds. The zero-order valence-corrected chi connectivity index (χ0v) is 9.33. The smallest absolute Gasteiger partial charge is 0.238 e. The van der Waals surface area contributed by atoms with Crippen molar-refractivity contribution in [3.05, 3.63) is 29.8 Å². The normalized spacial score (nSPS) is 11.3. The Morgan fingerprint density at radius 3 is 2.25 bits per heavy atom. The standard InChI is InChI=1S/C9H13N3O3S/c10-9(13)6-12-5-7-1-3-8(4-2-7)16(11,14)15/h1-4,12H,5-6H2,(H2,10,13)(H2,11,14,15). The number of nitrogens with two attached hydrogens (primary N) is 2. The summed E-state index contributed by atoms with van der Waals surface area (Å²) >= 11 is 0. The van der Waals surface area contributed by atoms with Crippen LogP contribution in [0.15, 0.2) is 29.2 Å². The minimum Gasteiger partial charge on any atom is -0.369 e. The van der Waals surface area contributed by atoms with Gasteiger partial charge in [-0.1, -0.05) is 12.1 Å². The first-order valence-electron chi connectivity index (χ1n) is 4.50. The molecule has 0 aromatic heterocycles. The molecule has 0 aliphatic heterocycles. The molecule has 88 valence electrons. The van der Waals surface area contributed by atoms with Crippen LogP contribution >= 0.6 is 0 Å². The Hall–Kier alpha value is -1.44. The molecule has 0 heterocycles. The van der Waals surface area contributed by atoms with E-state index in [0.717, 1.165) is 5.56 Å². The van der Waals surface area contributed by atoms with Gasteiger partial charge in [0.25, 0.3) is 0 Å². The van der Waals surface area contributed by atoms with E-state index in [4.69, 9.17) is 10.9 Å². The van der Waals surface area contributed by atoms with Gasteiger partial charge in [-0.2, -0.15) is 0 Å². The van der Waals surface area contributed by atoms with Crippen molar-refractivity contribution in [2.24, 2.45) is 10.9 Å². The number of primary sulfonamides is 1. The maximum atomic E-state index is 10.9. The van der Waals surface area contributed by atoms with Gasteiger partial charge in [0.05, 0.1) is 11.4 Å². The van der Waals surface area contributed by atoms with Crippen molar-refractivity contribution in [3.63, 3.8) is 0 Å². The predicted octanol–water partition coefficient (Wildman–Crippen LogP) is -1.09. The van der Waals surface area contributed by atoms with E-state index in [1.807, 2.05) is 0 Å². The lowest BCUT2D eigenvalue weighted by Crippen LogP contribution is -2.28. The Kier molecular flexibility index (Phi) is 3.99. The molecule has 0 spiro atoms. The number of nitrogens with one attached hydrogen (secondary N) is 1. The third-order valence-corrected chi connectivity index (χ3v) is 2.81. The van der Waals surface area contributed by atoms with E-state index in [2.05, 4.69) is 5.32 Å². The van der Waals surface area contributed by atoms with Gasteiger partial charge in [0.15, 0.2) is 0 Å². The fourth-order valence-electron chi connectivity index (χ4n) is 1.13. The molecule has 0 aliphatic carbocycles. The minimum atomic E-state index is -3.65. The van der Waals surface area contributed by atoms with Crippen molar-refractivity contribution in [2.75, 3.05) is 6.54 Å². The molecule has 0 saturated heterocycles. The fourth-order valence-corrected chi connectivity index (χ4v) is 1.64. The Balaban J connectivity index is 2.62. The van der Waals surface area contributed by atoms with Crippen LogP contribution in [-0.2, 0) is 21.4 Å². The summed E-state index contributed by atoms with van der Waals surface area (Å²) in [5.41, 5.74) is 5.78. The van der Waals surface area contributed by atoms with E-state index in [9.17, 15) is 13.2 Å². The van der Waals surface area contributed by atoms with Gasteiger partial charge in [-0.15, -0.1) is 0 Å². The molecule has 0 fully saturated rings. The van der Waals surface area contributed by atoms with Crippen molar-refractivity contribution < 1.29 is 13.2 Å². The lowest BCUT2D eigenvalue weighted by molar-refractivity contribution is -0.117. The van der Waals surface area contributed by atoms with Crippen LogP contribution in [0.1, 0.15) is 5.56 Å². The topological polar surface area (TPSA) is 115 Å². The summed E-state index contributed by atoms with van der Waals surface area (Å²) in [6.45, 7) is 0.519. The van der Waals surface area contributed by atoms with E-state index < -0.39 is 15.9 Å². The first-order chi connectivity index (χ1) is 7.39. The summed E-state index contributed by atoms with van der Waals surface area (Å²) in [4.78, 5) is 10.5. The largest absolute Gasteiger partial charge is 0.369 e. The van der Waals surface area contributed by atoms with E-state index in [1.54, 1.807) is 12.1 Å². The summed E-state index contributed by atoms with van der Waals surface area (Å²) in [6, 6.07) is 6.06. The average molecular weight is 243 g/mol. The average Bonchev–Trinajstić information content (AvgIpc) is 2.16. The summed E-state index contributed by atoms with van der Waals surface area (Å²) in [6.07, 6.45) is 0. The lowest BCUT2D eigenvalue weighted by Gasteiger charge is -2.03. The summed E-state index contributed by atoms with van der Waals surface area (Å²) < 4.78 is 21.9. The number of primary amides is 1. The van der Waals surface area contributed by atoms with Gasteiger partial charge in [0.2, 0.25) is 15.9 Å². The molecule has 0 unspecified atom stereocenters. The third kappa shape index (κ3) is 3.97. The van der Waals surface area contributed by atoms with E-state index >= 15 is 0 Å². The van der Waals surface area contributed by atoms with Crippen LogP contribution < -0.4 is 16.2 Å². The van der Waals surface area contributed by atoms with E-state index in [1.165, 1.54) is 12.1 Å². The van der Waals surface area contributed by atoms with Gasteiger partial charge in [0, 0.05) is 6.54 Å². The zero-order chi connectivity index (χ0) is 12.2. The van der Waals surface area contributed by atoms with Crippen molar-refractivity contribution in [1.82, 2.24) is 5.32 Å². The molecule has 0 atom stereocenters. The number of benzene rings is 1. The van der Waals surface area contributed by atoms with Gasteiger partial charge >= 0.3 is 0 Å². The Morgan fingerprint density at radius 1 is 1.25 bits per heavy atom. The van der Waals surface area contributed by atoms with Gasteiger partial charge < -0.3 is 11.1 Å². The first kappa shape index (κ1) is 12.6. The van der Waals surface area contributed by atoms with Crippen LogP contribution in [-0.4, -0.2) is 20.9 Å². The number of carbonyl (C=O) groups is 1. The second-order valence-corrected chi connectivity index (χ2v) is 4.82. The fraction of sp³-hybridized carbons (Fsp3) is 0.222. The van der Waals surface area contributed by atoms with Gasteiger partial charge in [0.1, 0.15) is 0 Å². The van der Waals surface area contributed by atoms with Crippen LogP contribution in [0.2, 0.25) is 0 Å². The Labute approximate surface area is 93.7 Å². The van der Waals surface area contributed by atoms with Crippen molar-refractivity contribution >= 4 is 15.9 Å². The summed E-state index contributed by atoms with van der Waals surface area (Å²) in [5, 5.41) is 7.75. The molecule has 0 bridgehead atoms. The number of hydrogen-bond acceptors (Lipinski definition) is 4. The van der Waals surface area contributed by atoms with Crippen LogP contribution in [0, 0.1) is 0 Å². The molecule has 1 aromatic rings. The SMILES string of the molecule is NC(=O)CNCc1ccc(S(N)(=O)=O)cc1. The minimum absolute atomic E-state index is 0.0613. The zero-order valence-electron chi connectivity index (χ0n) is 8.51. The highest BCUT2D eigenvalue weighted by Crippen LogP contribution is 2.08. The van der Waals surface area contributed by atoms with Crippen LogP contribution in [0.3, 0.4) is 0 Å². The molecule has 16 heavy (non-hydrogen) atoms. The van der Waals surface area contributed by atoms with Crippen molar-refractivity contribution in [2.45, 2.75) is 11.4 Å². The first-order valence-corrected chi connectivity index (χ1v) is 6.05. The molecular formula is C9H13N3O3S. The molecule has 1 aromatic carbocycles. The highest BCUT2D eigenvalue weighted by atomic mass is 32.2. The molecule has 7 heteroatoms. The highest BCUT2D eigenvalue weighted by Gasteiger charge is 2.06. The van der Waals surface area contributed by atoms with Crippen LogP contribution in [0.5, 0.6) is 0 Å². The number of hydrogen-bond donors (Lipinski definition) is 3. The number of rotatable bonds is 5. The maximum Gasteiger partial charge on any atom is 0.238 e. The molecular weight excluding hydrogens is 230 g/mol. The highest BCUT2D eigenvalue weighted by molar-refractivity contribution is 7.89. The monoisotopic (exact) mass is 243 g/mol. The van der Waals surface area contributed by atoms with E-state index in [0.29, 0.717) is 6.54 Å². The molecule has 1 rings (SSSR count). The molecule has 6 nitrogen and oxygen atoms in total. The lowest BCUT2D eigenvalue weighted by atomic mass is 10.2. The number of sulfonamides is 1.